The van der Waals surface area contributed by atoms with Crippen molar-refractivity contribution in [2.24, 2.45) is 0 Å². The van der Waals surface area contributed by atoms with E-state index in [0.717, 1.165) is 5.03 Å². The molecule has 0 atom stereocenters. The molecule has 0 unspecified atom stereocenters. The van der Waals surface area contributed by atoms with E-state index in [1.807, 2.05) is 6.26 Å². The number of thioether (sulfide) groups is 1. The Morgan fingerprint density at radius 1 is 1.59 bits per heavy atom. The lowest BCUT2D eigenvalue weighted by atomic mass is 10.4. The van der Waals surface area contributed by atoms with Gasteiger partial charge in [-0.2, -0.15) is 0 Å². The minimum absolute atomic E-state index is 0.103. The number of hydrogen-bond donors (Lipinski definition) is 1. The van der Waals surface area contributed by atoms with Gasteiger partial charge in [0.05, 0.1) is 6.61 Å². The Morgan fingerprint density at radius 2 is 2.35 bits per heavy atom. The normalized spacial score (nSPS) is 10.2. The maximum Gasteiger partial charge on any atom is 0.323 e. The predicted molar refractivity (Wildman–Crippen MR) is 65.5 cm³/mol. The van der Waals surface area contributed by atoms with Gasteiger partial charge in [0.2, 0.25) is 0 Å². The van der Waals surface area contributed by atoms with E-state index < -0.39 is 5.97 Å². The molecule has 0 aromatic carbocycles. The van der Waals surface area contributed by atoms with Crippen molar-refractivity contribution in [1.29, 1.82) is 0 Å². The second kappa shape index (κ2) is 7.08. The molecule has 1 aromatic rings. The van der Waals surface area contributed by atoms with Crippen molar-refractivity contribution in [3.05, 3.63) is 12.4 Å². The quantitative estimate of drug-likeness (QED) is 0.570. The highest BCUT2D eigenvalue weighted by atomic mass is 32.2. The van der Waals surface area contributed by atoms with Crippen molar-refractivity contribution in [3.63, 3.8) is 0 Å². The molecule has 1 rings (SSSR count). The first kappa shape index (κ1) is 13.7. The smallest absolute Gasteiger partial charge is 0.323 e. The first-order valence-electron chi connectivity index (χ1n) is 4.99. The van der Waals surface area contributed by atoms with Crippen LogP contribution in [-0.2, 0) is 9.53 Å². The van der Waals surface area contributed by atoms with Gasteiger partial charge in [0.15, 0.2) is 0 Å². The van der Waals surface area contributed by atoms with Crippen LogP contribution in [0.3, 0.4) is 0 Å². The van der Waals surface area contributed by atoms with E-state index in [2.05, 4.69) is 9.97 Å². The number of rotatable bonds is 7. The number of carboxylic acid groups (broad SMARTS) is 1. The van der Waals surface area contributed by atoms with Gasteiger partial charge in [0, 0.05) is 19.7 Å². The highest BCUT2D eigenvalue weighted by Crippen LogP contribution is 2.16. The topological polar surface area (TPSA) is 75.5 Å². The summed E-state index contributed by atoms with van der Waals surface area (Å²) < 4.78 is 4.95. The van der Waals surface area contributed by atoms with Crippen molar-refractivity contribution in [3.8, 4) is 0 Å². The molecule has 0 aliphatic rings. The van der Waals surface area contributed by atoms with Crippen molar-refractivity contribution >= 4 is 23.5 Å². The molecule has 0 saturated heterocycles. The molecular formula is C10H15N3O3S. The molecule has 94 valence electrons. The molecule has 0 spiro atoms. The van der Waals surface area contributed by atoms with Crippen molar-refractivity contribution in [1.82, 2.24) is 9.97 Å². The summed E-state index contributed by atoms with van der Waals surface area (Å²) in [6.07, 6.45) is 3.34. The highest BCUT2D eigenvalue weighted by Gasteiger charge is 2.12. The van der Waals surface area contributed by atoms with Crippen LogP contribution >= 0.6 is 11.8 Å². The minimum atomic E-state index is -0.898. The number of ether oxygens (including phenoxy) is 1. The molecule has 0 radical (unpaired) electrons. The first-order valence-corrected chi connectivity index (χ1v) is 6.21. The molecule has 17 heavy (non-hydrogen) atoms. The Kier molecular flexibility index (Phi) is 5.71. The summed E-state index contributed by atoms with van der Waals surface area (Å²) in [4.78, 5) is 20.5. The second-order valence-electron chi connectivity index (χ2n) is 3.23. The molecule has 7 heteroatoms. The molecule has 0 fully saturated rings. The van der Waals surface area contributed by atoms with Gasteiger partial charge in [-0.25, -0.2) is 9.97 Å². The molecule has 0 saturated carbocycles. The molecule has 0 amide bonds. The number of carboxylic acids is 1. The van der Waals surface area contributed by atoms with Gasteiger partial charge in [0.1, 0.15) is 23.7 Å². The fraction of sp³-hybridized carbons (Fsp3) is 0.500. The fourth-order valence-corrected chi connectivity index (χ4v) is 1.63. The zero-order valence-electron chi connectivity index (χ0n) is 9.79. The SMILES string of the molecule is COCCN(CC(=O)O)c1cc(SC)ncn1. The number of hydrogen-bond acceptors (Lipinski definition) is 6. The van der Waals surface area contributed by atoms with Crippen LogP contribution in [0.15, 0.2) is 17.4 Å². The number of carbonyl (C=O) groups is 1. The Labute approximate surface area is 104 Å². The van der Waals surface area contributed by atoms with Crippen LogP contribution in [0.25, 0.3) is 0 Å². The van der Waals surface area contributed by atoms with Gasteiger partial charge in [-0.05, 0) is 6.26 Å². The maximum atomic E-state index is 10.8. The average Bonchev–Trinajstić information content (AvgIpc) is 2.34. The fourth-order valence-electron chi connectivity index (χ4n) is 1.25. The van der Waals surface area contributed by atoms with E-state index in [1.54, 1.807) is 18.1 Å². The third kappa shape index (κ3) is 4.58. The number of aliphatic carboxylic acids is 1. The zero-order valence-corrected chi connectivity index (χ0v) is 10.6. The van der Waals surface area contributed by atoms with Crippen LogP contribution < -0.4 is 4.90 Å². The third-order valence-electron chi connectivity index (χ3n) is 2.05. The monoisotopic (exact) mass is 257 g/mol. The lowest BCUT2D eigenvalue weighted by Crippen LogP contribution is -2.33. The lowest BCUT2D eigenvalue weighted by Gasteiger charge is -2.21. The molecule has 0 aliphatic carbocycles. The summed E-state index contributed by atoms with van der Waals surface area (Å²) >= 11 is 1.49. The third-order valence-corrected chi connectivity index (χ3v) is 2.69. The Hall–Kier alpha value is -1.34. The van der Waals surface area contributed by atoms with Crippen molar-refractivity contribution in [2.75, 3.05) is 38.0 Å². The van der Waals surface area contributed by atoms with Crippen LogP contribution in [0.5, 0.6) is 0 Å². The molecule has 6 nitrogen and oxygen atoms in total. The van der Waals surface area contributed by atoms with Gasteiger partial charge < -0.3 is 14.7 Å². The maximum absolute atomic E-state index is 10.8. The van der Waals surface area contributed by atoms with Gasteiger partial charge in [-0.1, -0.05) is 0 Å². The van der Waals surface area contributed by atoms with E-state index in [1.165, 1.54) is 18.1 Å². The predicted octanol–water partition coefficient (Wildman–Crippen LogP) is 0.736. The summed E-state index contributed by atoms with van der Waals surface area (Å²) in [5, 5.41) is 9.65. The summed E-state index contributed by atoms with van der Waals surface area (Å²) in [6, 6.07) is 1.77. The van der Waals surface area contributed by atoms with Crippen LogP contribution in [0.4, 0.5) is 5.82 Å². The molecular weight excluding hydrogens is 242 g/mol. The van der Waals surface area contributed by atoms with E-state index in [0.29, 0.717) is 19.0 Å². The van der Waals surface area contributed by atoms with E-state index in [9.17, 15) is 4.79 Å². The highest BCUT2D eigenvalue weighted by molar-refractivity contribution is 7.98. The first-order chi connectivity index (χ1) is 8.17. The van der Waals surface area contributed by atoms with Crippen LogP contribution in [0.2, 0.25) is 0 Å². The summed E-state index contributed by atoms with van der Waals surface area (Å²) in [5.41, 5.74) is 0. The standard InChI is InChI=1S/C10H15N3O3S/c1-16-4-3-13(6-10(14)15)8-5-9(17-2)12-7-11-8/h5,7H,3-4,6H2,1-2H3,(H,14,15). The van der Waals surface area contributed by atoms with Gasteiger partial charge in [-0.15, -0.1) is 11.8 Å². The van der Waals surface area contributed by atoms with E-state index >= 15 is 0 Å². The number of anilines is 1. The van der Waals surface area contributed by atoms with Gasteiger partial charge >= 0.3 is 5.97 Å². The molecule has 1 aromatic heterocycles. The molecule has 0 bridgehead atoms. The average molecular weight is 257 g/mol. The lowest BCUT2D eigenvalue weighted by molar-refractivity contribution is -0.135. The van der Waals surface area contributed by atoms with Crippen molar-refractivity contribution < 1.29 is 14.6 Å². The number of methoxy groups -OCH3 is 1. The van der Waals surface area contributed by atoms with Gasteiger partial charge in [-0.3, -0.25) is 4.79 Å². The van der Waals surface area contributed by atoms with Crippen LogP contribution in [-0.4, -0.2) is 54.1 Å². The Morgan fingerprint density at radius 3 is 2.94 bits per heavy atom. The van der Waals surface area contributed by atoms with Crippen LogP contribution in [0, 0.1) is 0 Å². The van der Waals surface area contributed by atoms with E-state index in [-0.39, 0.29) is 6.54 Å². The van der Waals surface area contributed by atoms with Crippen molar-refractivity contribution in [2.45, 2.75) is 5.03 Å². The molecule has 1 heterocycles. The van der Waals surface area contributed by atoms with Crippen LogP contribution in [0.1, 0.15) is 0 Å². The van der Waals surface area contributed by atoms with Gasteiger partial charge in [0.25, 0.3) is 0 Å². The summed E-state index contributed by atoms with van der Waals surface area (Å²) in [6.45, 7) is 0.827. The van der Waals surface area contributed by atoms with E-state index in [4.69, 9.17) is 9.84 Å². The number of aromatic nitrogens is 2. The summed E-state index contributed by atoms with van der Waals surface area (Å²) in [5.74, 6) is -0.297. The Balaban J connectivity index is 2.82. The second-order valence-corrected chi connectivity index (χ2v) is 4.05. The molecule has 1 N–H and O–H groups in total. The summed E-state index contributed by atoms with van der Waals surface area (Å²) in [7, 11) is 1.58. The largest absolute Gasteiger partial charge is 0.480 e. The number of nitrogens with zero attached hydrogens (tertiary/aromatic N) is 3. The minimum Gasteiger partial charge on any atom is -0.480 e. The Bertz CT molecular complexity index is 376. The zero-order chi connectivity index (χ0) is 12.7. The molecule has 0 aliphatic heterocycles.